The van der Waals surface area contributed by atoms with E-state index in [1.54, 1.807) is 13.2 Å². The van der Waals surface area contributed by atoms with Crippen molar-refractivity contribution >= 4 is 0 Å². The summed E-state index contributed by atoms with van der Waals surface area (Å²) in [4.78, 5) is 0. The first kappa shape index (κ1) is 40.4. The van der Waals surface area contributed by atoms with Gasteiger partial charge in [0.2, 0.25) is 0 Å². The van der Waals surface area contributed by atoms with Gasteiger partial charge >= 0.3 is 0 Å². The molecule has 10 heteroatoms. The highest BCUT2D eigenvalue weighted by atomic mass is 16.8. The van der Waals surface area contributed by atoms with Crippen molar-refractivity contribution in [1.82, 2.24) is 0 Å². The molecule has 3 saturated heterocycles. The lowest BCUT2D eigenvalue weighted by molar-refractivity contribution is -0.328. The molecule has 3 fully saturated rings. The Morgan fingerprint density at radius 2 is 1.22 bits per heavy atom. The van der Waals surface area contributed by atoms with Gasteiger partial charge < -0.3 is 47.4 Å². The van der Waals surface area contributed by atoms with Crippen molar-refractivity contribution in [3.8, 4) is 0 Å². The fraction of sp³-hybridized carbons (Fsp3) is 0.500. The highest BCUT2D eigenvalue weighted by molar-refractivity contribution is 5.16. The van der Waals surface area contributed by atoms with E-state index in [1.807, 2.05) is 125 Å². The average molecular weight is 745 g/mol. The summed E-state index contributed by atoms with van der Waals surface area (Å²) in [6, 6.07) is 30.1. The van der Waals surface area contributed by atoms with Gasteiger partial charge in [-0.1, -0.05) is 103 Å². The Bertz CT molecular complexity index is 1580. The Kier molecular flexibility index (Phi) is 13.9. The van der Waals surface area contributed by atoms with Crippen LogP contribution in [0.25, 0.3) is 0 Å². The first-order valence-corrected chi connectivity index (χ1v) is 18.8. The smallest absolute Gasteiger partial charge is 0.186 e. The van der Waals surface area contributed by atoms with E-state index in [1.165, 1.54) is 0 Å². The van der Waals surface area contributed by atoms with Gasteiger partial charge in [0.25, 0.3) is 0 Å². The van der Waals surface area contributed by atoms with E-state index < -0.39 is 72.6 Å². The summed E-state index contributed by atoms with van der Waals surface area (Å²) >= 11 is 0. The van der Waals surface area contributed by atoms with Gasteiger partial charge in [0, 0.05) is 13.0 Å². The summed E-state index contributed by atoms with van der Waals surface area (Å²) in [6.07, 6.45) is -2.19. The van der Waals surface area contributed by atoms with Crippen molar-refractivity contribution < 1.29 is 47.4 Å². The summed E-state index contributed by atoms with van der Waals surface area (Å²) in [5.74, 6) is -2.23. The van der Waals surface area contributed by atoms with Crippen LogP contribution in [-0.4, -0.2) is 87.0 Å². The van der Waals surface area contributed by atoms with Crippen LogP contribution in [-0.2, 0) is 67.2 Å². The summed E-state index contributed by atoms with van der Waals surface area (Å²) in [7, 11) is 1.61. The molecule has 10 nitrogen and oxygen atoms in total. The number of rotatable bonds is 18. The molecule has 0 spiro atoms. The molecule has 54 heavy (non-hydrogen) atoms. The van der Waals surface area contributed by atoms with Crippen LogP contribution in [0.4, 0.5) is 0 Å². The van der Waals surface area contributed by atoms with Crippen molar-refractivity contribution in [1.29, 1.82) is 0 Å². The lowest BCUT2D eigenvalue weighted by atomic mass is 9.82. The maximum atomic E-state index is 6.96. The van der Waals surface area contributed by atoms with Crippen LogP contribution in [0.2, 0.25) is 0 Å². The first-order valence-electron chi connectivity index (χ1n) is 18.8. The quantitative estimate of drug-likeness (QED) is 0.125. The van der Waals surface area contributed by atoms with Gasteiger partial charge in [-0.15, -0.1) is 13.2 Å². The first-order chi connectivity index (χ1) is 26.1. The van der Waals surface area contributed by atoms with E-state index in [4.69, 9.17) is 47.4 Å². The second-order valence-corrected chi connectivity index (χ2v) is 14.8. The molecule has 3 aromatic carbocycles. The molecule has 3 aliphatic heterocycles. The molecule has 0 radical (unpaired) electrons. The summed E-state index contributed by atoms with van der Waals surface area (Å²) in [5, 5.41) is 0. The maximum Gasteiger partial charge on any atom is 0.186 e. The second kappa shape index (κ2) is 18.6. The Morgan fingerprint density at radius 1 is 0.685 bits per heavy atom. The second-order valence-electron chi connectivity index (χ2n) is 14.8. The minimum atomic E-state index is -0.934. The Balaban J connectivity index is 1.39. The molecule has 3 heterocycles. The third-order valence-electron chi connectivity index (χ3n) is 9.94. The van der Waals surface area contributed by atoms with Crippen molar-refractivity contribution in [3.63, 3.8) is 0 Å². The van der Waals surface area contributed by atoms with Gasteiger partial charge in [-0.25, -0.2) is 0 Å². The maximum absolute atomic E-state index is 6.96. The number of methoxy groups -OCH3 is 1. The Morgan fingerprint density at radius 3 is 1.70 bits per heavy atom. The van der Waals surface area contributed by atoms with E-state index in [-0.39, 0.29) is 6.61 Å². The molecule has 0 N–H and O–H groups in total. The van der Waals surface area contributed by atoms with E-state index in [0.29, 0.717) is 26.4 Å². The topological polar surface area (TPSA) is 92.3 Å². The minimum Gasteiger partial charge on any atom is -0.371 e. The molecule has 0 bridgehead atoms. The molecular weight excluding hydrogens is 688 g/mol. The molecular formula is C44H56O10. The number of hydrogen-bond acceptors (Lipinski definition) is 10. The number of benzene rings is 3. The van der Waals surface area contributed by atoms with E-state index in [9.17, 15) is 0 Å². The fourth-order valence-electron chi connectivity index (χ4n) is 7.49. The fourth-order valence-corrected chi connectivity index (χ4v) is 7.49. The zero-order chi connectivity index (χ0) is 38.1. The third kappa shape index (κ3) is 10.1. The Labute approximate surface area is 320 Å². The highest BCUT2D eigenvalue weighted by Crippen LogP contribution is 2.42. The van der Waals surface area contributed by atoms with Gasteiger partial charge in [-0.05, 0) is 44.4 Å². The predicted octanol–water partition coefficient (Wildman–Crippen LogP) is 7.16. The Hall–Kier alpha value is -3.26. The predicted molar refractivity (Wildman–Crippen MR) is 203 cm³/mol. The van der Waals surface area contributed by atoms with Crippen molar-refractivity contribution in [3.05, 3.63) is 133 Å². The van der Waals surface area contributed by atoms with E-state index in [0.717, 1.165) is 16.7 Å². The molecule has 0 aliphatic carbocycles. The molecule has 3 aromatic rings. The van der Waals surface area contributed by atoms with Gasteiger partial charge in [0.05, 0.1) is 45.2 Å². The molecule has 0 aromatic heterocycles. The van der Waals surface area contributed by atoms with Crippen LogP contribution in [0.5, 0.6) is 0 Å². The van der Waals surface area contributed by atoms with Gasteiger partial charge in [-0.2, -0.15) is 0 Å². The summed E-state index contributed by atoms with van der Waals surface area (Å²) < 4.78 is 65.7. The van der Waals surface area contributed by atoms with Crippen molar-refractivity contribution in [2.75, 3.05) is 20.3 Å². The van der Waals surface area contributed by atoms with Crippen molar-refractivity contribution in [2.45, 2.75) is 114 Å². The summed E-state index contributed by atoms with van der Waals surface area (Å²) in [6.45, 7) is 17.3. The zero-order valence-electron chi connectivity index (χ0n) is 32.1. The van der Waals surface area contributed by atoms with Gasteiger partial charge in [0.15, 0.2) is 17.9 Å². The van der Waals surface area contributed by atoms with Crippen LogP contribution in [0.1, 0.15) is 44.4 Å². The average Bonchev–Trinajstić information content (AvgIpc) is 3.72. The molecule has 0 saturated carbocycles. The monoisotopic (exact) mass is 744 g/mol. The van der Waals surface area contributed by atoms with E-state index >= 15 is 0 Å². The molecule has 10 unspecified atom stereocenters. The molecule has 10 atom stereocenters. The summed E-state index contributed by atoms with van der Waals surface area (Å²) in [5.41, 5.74) is 3.01. The van der Waals surface area contributed by atoms with Crippen LogP contribution in [0.3, 0.4) is 0 Å². The largest absolute Gasteiger partial charge is 0.371 e. The molecule has 6 rings (SSSR count). The molecule has 3 aliphatic rings. The highest BCUT2D eigenvalue weighted by Gasteiger charge is 2.57. The SMILES string of the molecule is C=CCOC(C(C=C)C1OC(OC)C(OCc2ccccc2)C(OCc2ccccc2)C1OCc1ccccc1)C1OC(C)(C)OC1C1COC(C)(C)O1. The number of hydrogen-bond donors (Lipinski definition) is 0. The lowest BCUT2D eigenvalue weighted by Crippen LogP contribution is -2.64. The van der Waals surface area contributed by atoms with Crippen LogP contribution in [0.15, 0.2) is 116 Å². The zero-order valence-corrected chi connectivity index (χ0v) is 32.1. The van der Waals surface area contributed by atoms with Crippen LogP contribution < -0.4 is 0 Å². The van der Waals surface area contributed by atoms with Gasteiger partial charge in [-0.3, -0.25) is 0 Å². The van der Waals surface area contributed by atoms with Crippen molar-refractivity contribution in [2.24, 2.45) is 5.92 Å². The van der Waals surface area contributed by atoms with E-state index in [2.05, 4.69) is 13.2 Å². The third-order valence-corrected chi connectivity index (χ3v) is 9.94. The standard InChI is InChI=1S/C44H56O10/c1-8-25-46-35(40-37(53-44(5,6)54-40)34-29-50-43(3,4)52-34)33(9-2)36-38(47-26-30-19-13-10-14-20-30)39(48-27-31-21-15-11-16-22-31)41(42(45-7)51-36)49-28-32-23-17-12-18-24-32/h8-24,33-42H,1-2,25-29H2,3-7H3. The number of ether oxygens (including phenoxy) is 10. The normalized spacial score (nSPS) is 30.1. The van der Waals surface area contributed by atoms with Gasteiger partial charge in [0.1, 0.15) is 36.6 Å². The molecule has 0 amide bonds. The van der Waals surface area contributed by atoms with Crippen LogP contribution >= 0.6 is 0 Å². The van der Waals surface area contributed by atoms with Crippen LogP contribution in [0, 0.1) is 5.92 Å². The lowest BCUT2D eigenvalue weighted by Gasteiger charge is -2.49. The minimum absolute atomic E-state index is 0.238. The molecule has 292 valence electrons.